The largest absolute Gasteiger partial charge is 0.497 e. The molecule has 0 aliphatic rings. The number of methoxy groups -OCH3 is 1. The van der Waals surface area contributed by atoms with Gasteiger partial charge >= 0.3 is 0 Å². The minimum atomic E-state index is 0.389. The van der Waals surface area contributed by atoms with Crippen LogP contribution in [0.2, 0.25) is 0 Å². The van der Waals surface area contributed by atoms with E-state index in [-0.39, 0.29) is 0 Å². The first kappa shape index (κ1) is 12.2. The lowest BCUT2D eigenvalue weighted by Crippen LogP contribution is -2.12. The number of nitrogens with one attached hydrogen (secondary N) is 1. The summed E-state index contributed by atoms with van der Waals surface area (Å²) < 4.78 is 10.8. The van der Waals surface area contributed by atoms with E-state index in [0.717, 1.165) is 17.1 Å². The fraction of sp³-hybridized carbons (Fsp3) is 0.154. The van der Waals surface area contributed by atoms with E-state index in [1.165, 1.54) is 0 Å². The molecule has 3 N–H and O–H groups in total. The molecule has 94 valence electrons. The maximum Gasteiger partial charge on any atom is 0.146 e. The van der Waals surface area contributed by atoms with E-state index >= 15 is 0 Å². The van der Waals surface area contributed by atoms with Crippen LogP contribution in [0.25, 0.3) is 0 Å². The number of rotatable bonds is 5. The number of nitrogens with two attached hydrogens (primary N) is 1. The quantitative estimate of drug-likeness (QED) is 0.622. The summed E-state index contributed by atoms with van der Waals surface area (Å²) in [5.74, 6) is 7.49. The summed E-state index contributed by atoms with van der Waals surface area (Å²) >= 11 is 0. The molecule has 2 rings (SSSR count). The third-order valence-corrected chi connectivity index (χ3v) is 2.46. The van der Waals surface area contributed by atoms with Gasteiger partial charge in [0.1, 0.15) is 23.9 Å². The molecule has 5 nitrogen and oxygen atoms in total. The van der Waals surface area contributed by atoms with Crippen molar-refractivity contribution in [3.63, 3.8) is 0 Å². The minimum absolute atomic E-state index is 0.389. The van der Waals surface area contributed by atoms with E-state index in [2.05, 4.69) is 10.4 Å². The lowest BCUT2D eigenvalue weighted by molar-refractivity contribution is 0.304. The maximum atomic E-state index is 5.66. The molecule has 0 spiro atoms. The first-order chi connectivity index (χ1) is 8.83. The Balaban J connectivity index is 2.06. The minimum Gasteiger partial charge on any atom is -0.497 e. The van der Waals surface area contributed by atoms with Crippen LogP contribution in [0.1, 0.15) is 5.56 Å². The van der Waals surface area contributed by atoms with E-state index in [0.29, 0.717) is 12.4 Å². The van der Waals surface area contributed by atoms with Crippen LogP contribution < -0.4 is 20.7 Å². The number of hydrogen-bond acceptors (Lipinski definition) is 5. The summed E-state index contributed by atoms with van der Waals surface area (Å²) in [4.78, 5) is 4.10. The van der Waals surface area contributed by atoms with Crippen molar-refractivity contribution in [3.05, 3.63) is 48.2 Å². The average Bonchev–Trinajstić information content (AvgIpc) is 2.45. The Morgan fingerprint density at radius 3 is 2.83 bits per heavy atom. The van der Waals surface area contributed by atoms with Gasteiger partial charge in [0.25, 0.3) is 0 Å². The van der Waals surface area contributed by atoms with Gasteiger partial charge in [-0.15, -0.1) is 0 Å². The molecule has 0 saturated carbocycles. The van der Waals surface area contributed by atoms with Crippen molar-refractivity contribution in [1.29, 1.82) is 0 Å². The van der Waals surface area contributed by atoms with Crippen molar-refractivity contribution < 1.29 is 9.47 Å². The third-order valence-electron chi connectivity index (χ3n) is 2.46. The van der Waals surface area contributed by atoms with E-state index in [4.69, 9.17) is 15.3 Å². The first-order valence-electron chi connectivity index (χ1n) is 5.51. The molecule has 0 aliphatic heterocycles. The van der Waals surface area contributed by atoms with Crippen molar-refractivity contribution in [2.24, 2.45) is 5.84 Å². The highest BCUT2D eigenvalue weighted by molar-refractivity contribution is 5.42. The summed E-state index contributed by atoms with van der Waals surface area (Å²) in [6.45, 7) is 0.389. The van der Waals surface area contributed by atoms with Crippen LogP contribution in [0, 0.1) is 0 Å². The van der Waals surface area contributed by atoms with Crippen LogP contribution in [-0.4, -0.2) is 12.1 Å². The Hall–Kier alpha value is -2.27. The second kappa shape index (κ2) is 5.88. The van der Waals surface area contributed by atoms with Gasteiger partial charge in [0.05, 0.1) is 7.11 Å². The molecule has 0 aliphatic carbocycles. The van der Waals surface area contributed by atoms with Crippen LogP contribution in [-0.2, 0) is 6.61 Å². The molecular weight excluding hydrogens is 230 g/mol. The highest BCUT2D eigenvalue weighted by atomic mass is 16.5. The second-order valence-electron chi connectivity index (χ2n) is 3.62. The maximum absolute atomic E-state index is 5.66. The number of anilines is 1. The average molecular weight is 245 g/mol. The second-order valence-corrected chi connectivity index (χ2v) is 3.62. The lowest BCUT2D eigenvalue weighted by atomic mass is 10.2. The van der Waals surface area contributed by atoms with Gasteiger partial charge in [-0.1, -0.05) is 12.1 Å². The molecule has 5 heteroatoms. The van der Waals surface area contributed by atoms with Gasteiger partial charge in [-0.05, 0) is 18.2 Å². The highest BCUT2D eigenvalue weighted by Crippen LogP contribution is 2.21. The zero-order valence-electron chi connectivity index (χ0n) is 10.1. The standard InChI is InChI=1S/C13H15N3O2/c1-17-11-5-2-6-12(8-11)18-9-10-4-3-7-15-13(10)16-14/h2-8H,9,14H2,1H3,(H,15,16). The summed E-state index contributed by atoms with van der Waals surface area (Å²) in [7, 11) is 1.62. The molecule has 0 saturated heterocycles. The Kier molecular flexibility index (Phi) is 3.98. The molecule has 1 heterocycles. The van der Waals surface area contributed by atoms with Crippen molar-refractivity contribution >= 4 is 5.82 Å². The first-order valence-corrected chi connectivity index (χ1v) is 5.51. The summed E-state index contributed by atoms with van der Waals surface area (Å²) in [6.07, 6.45) is 1.67. The Bertz CT molecular complexity index is 517. The Labute approximate surface area is 106 Å². The van der Waals surface area contributed by atoms with Crippen LogP contribution in [0.4, 0.5) is 5.82 Å². The number of hydrazine groups is 1. The number of ether oxygens (including phenoxy) is 2. The van der Waals surface area contributed by atoms with Crippen molar-refractivity contribution in [1.82, 2.24) is 4.98 Å². The summed E-state index contributed by atoms with van der Waals surface area (Å²) in [6, 6.07) is 11.2. The predicted molar refractivity (Wildman–Crippen MR) is 69.4 cm³/mol. The van der Waals surface area contributed by atoms with E-state index in [9.17, 15) is 0 Å². The summed E-state index contributed by atoms with van der Waals surface area (Å²) in [5, 5.41) is 0. The molecule has 0 radical (unpaired) electrons. The summed E-state index contributed by atoms with van der Waals surface area (Å²) in [5.41, 5.74) is 3.43. The number of nitrogen functional groups attached to an aromatic ring is 1. The van der Waals surface area contributed by atoms with Crippen molar-refractivity contribution in [3.8, 4) is 11.5 Å². The topological polar surface area (TPSA) is 69.4 Å². The molecule has 1 aromatic carbocycles. The van der Waals surface area contributed by atoms with Crippen molar-refractivity contribution in [2.75, 3.05) is 12.5 Å². The Morgan fingerprint density at radius 1 is 1.22 bits per heavy atom. The Morgan fingerprint density at radius 2 is 2.06 bits per heavy atom. The fourth-order valence-corrected chi connectivity index (χ4v) is 1.54. The number of aromatic nitrogens is 1. The van der Waals surface area contributed by atoms with Crippen molar-refractivity contribution in [2.45, 2.75) is 6.61 Å². The van der Waals surface area contributed by atoms with E-state index in [1.54, 1.807) is 13.3 Å². The van der Waals surface area contributed by atoms with E-state index < -0.39 is 0 Å². The SMILES string of the molecule is COc1cccc(OCc2cccnc2NN)c1. The molecule has 1 aromatic heterocycles. The monoisotopic (exact) mass is 245 g/mol. The van der Waals surface area contributed by atoms with Crippen LogP contribution in [0.3, 0.4) is 0 Å². The van der Waals surface area contributed by atoms with Crippen LogP contribution in [0.15, 0.2) is 42.6 Å². The van der Waals surface area contributed by atoms with Gasteiger partial charge in [-0.25, -0.2) is 10.8 Å². The molecule has 0 amide bonds. The number of pyridine rings is 1. The van der Waals surface area contributed by atoms with Gasteiger partial charge in [-0.2, -0.15) is 0 Å². The van der Waals surface area contributed by atoms with Gasteiger partial charge < -0.3 is 14.9 Å². The normalized spacial score (nSPS) is 9.89. The van der Waals surface area contributed by atoms with Crippen LogP contribution in [0.5, 0.6) is 11.5 Å². The molecule has 0 unspecified atom stereocenters. The molecular formula is C13H15N3O2. The van der Waals surface area contributed by atoms with Gasteiger partial charge in [0, 0.05) is 17.8 Å². The number of hydrogen-bond donors (Lipinski definition) is 2. The van der Waals surface area contributed by atoms with Gasteiger partial charge in [0.15, 0.2) is 0 Å². The molecule has 2 aromatic rings. The fourth-order valence-electron chi connectivity index (χ4n) is 1.54. The van der Waals surface area contributed by atoms with Gasteiger partial charge in [0.2, 0.25) is 0 Å². The van der Waals surface area contributed by atoms with E-state index in [1.807, 2.05) is 36.4 Å². The molecule has 18 heavy (non-hydrogen) atoms. The smallest absolute Gasteiger partial charge is 0.146 e. The van der Waals surface area contributed by atoms with Crippen LogP contribution >= 0.6 is 0 Å². The molecule has 0 bridgehead atoms. The van der Waals surface area contributed by atoms with Gasteiger partial charge in [-0.3, -0.25) is 0 Å². The zero-order valence-corrected chi connectivity index (χ0v) is 10.1. The number of nitrogens with zero attached hydrogens (tertiary/aromatic N) is 1. The number of benzene rings is 1. The zero-order chi connectivity index (χ0) is 12.8. The molecule has 0 fully saturated rings. The third kappa shape index (κ3) is 2.89. The molecule has 0 atom stereocenters. The predicted octanol–water partition coefficient (Wildman–Crippen LogP) is 1.95. The highest BCUT2D eigenvalue weighted by Gasteiger charge is 2.03. The lowest BCUT2D eigenvalue weighted by Gasteiger charge is -2.10.